The van der Waals surface area contributed by atoms with Crippen LogP contribution in [0.15, 0.2) is 36.5 Å². The summed E-state index contributed by atoms with van der Waals surface area (Å²) >= 11 is 0. The Morgan fingerprint density at radius 2 is 1.84 bits per heavy atom. The average molecular weight is 285 g/mol. The Bertz CT molecular complexity index is 540. The number of sulfonamides is 1. The highest BCUT2D eigenvalue weighted by Crippen LogP contribution is 2.18. The van der Waals surface area contributed by atoms with Gasteiger partial charge in [0, 0.05) is 5.56 Å². The van der Waals surface area contributed by atoms with Gasteiger partial charge in [0.1, 0.15) is 12.5 Å². The molecule has 0 amide bonds. The maximum atomic E-state index is 11.6. The van der Waals surface area contributed by atoms with Crippen LogP contribution in [0.25, 0.3) is 5.76 Å². The molecule has 0 unspecified atom stereocenters. The molecule has 0 N–H and O–H groups in total. The van der Waals surface area contributed by atoms with Gasteiger partial charge in [-0.05, 0) is 0 Å². The lowest BCUT2D eigenvalue weighted by atomic mass is 10.2. The molecule has 0 aromatic heterocycles. The van der Waals surface area contributed by atoms with Crippen LogP contribution in [-0.2, 0) is 24.2 Å². The standard InChI is InChI=1S/C12H15NO5S/c1-19(14,15)13-7-12(11-5-3-2-4-6-11)18-10-17-9-16-8-13/h2-7H,8-10H2,1H3/b12-7-. The van der Waals surface area contributed by atoms with Gasteiger partial charge in [0.05, 0.1) is 12.5 Å². The van der Waals surface area contributed by atoms with Gasteiger partial charge in [-0.1, -0.05) is 30.3 Å². The first-order chi connectivity index (χ1) is 9.07. The molecule has 19 heavy (non-hydrogen) atoms. The zero-order valence-electron chi connectivity index (χ0n) is 10.5. The molecule has 0 bridgehead atoms. The molecule has 1 aliphatic rings. The maximum Gasteiger partial charge on any atom is 0.233 e. The maximum absolute atomic E-state index is 11.6. The first-order valence-electron chi connectivity index (χ1n) is 5.60. The number of ether oxygens (including phenoxy) is 3. The largest absolute Gasteiger partial charge is 0.465 e. The van der Waals surface area contributed by atoms with Crippen LogP contribution in [0, 0.1) is 0 Å². The molecule has 1 aliphatic heterocycles. The van der Waals surface area contributed by atoms with E-state index in [2.05, 4.69) is 0 Å². The molecule has 104 valence electrons. The smallest absolute Gasteiger partial charge is 0.233 e. The van der Waals surface area contributed by atoms with Crippen molar-refractivity contribution in [3.63, 3.8) is 0 Å². The quantitative estimate of drug-likeness (QED) is 0.816. The van der Waals surface area contributed by atoms with Crippen molar-refractivity contribution in [3.8, 4) is 0 Å². The van der Waals surface area contributed by atoms with E-state index in [0.717, 1.165) is 16.1 Å². The summed E-state index contributed by atoms with van der Waals surface area (Å²) in [6, 6.07) is 9.20. The van der Waals surface area contributed by atoms with Crippen LogP contribution in [0.4, 0.5) is 0 Å². The fourth-order valence-corrected chi connectivity index (χ4v) is 2.04. The Balaban J connectivity index is 2.35. The highest BCUT2D eigenvalue weighted by Gasteiger charge is 2.16. The second-order valence-electron chi connectivity index (χ2n) is 3.93. The molecule has 1 aromatic rings. The van der Waals surface area contributed by atoms with Gasteiger partial charge in [-0.3, -0.25) is 0 Å². The van der Waals surface area contributed by atoms with Crippen LogP contribution in [0.3, 0.4) is 0 Å². The Labute approximate surface area is 112 Å². The zero-order chi connectivity index (χ0) is 13.7. The minimum Gasteiger partial charge on any atom is -0.465 e. The number of benzene rings is 1. The van der Waals surface area contributed by atoms with Gasteiger partial charge in [0.25, 0.3) is 0 Å². The van der Waals surface area contributed by atoms with Crippen molar-refractivity contribution in [3.05, 3.63) is 42.1 Å². The van der Waals surface area contributed by atoms with Gasteiger partial charge in [-0.15, -0.1) is 0 Å². The van der Waals surface area contributed by atoms with Crippen molar-refractivity contribution < 1.29 is 22.6 Å². The van der Waals surface area contributed by atoms with Gasteiger partial charge < -0.3 is 14.2 Å². The lowest BCUT2D eigenvalue weighted by molar-refractivity contribution is -0.111. The van der Waals surface area contributed by atoms with E-state index in [-0.39, 0.29) is 20.3 Å². The van der Waals surface area contributed by atoms with Crippen molar-refractivity contribution in [2.75, 3.05) is 26.6 Å². The molecule has 0 radical (unpaired) electrons. The molecule has 6 nitrogen and oxygen atoms in total. The third kappa shape index (κ3) is 3.95. The van der Waals surface area contributed by atoms with E-state index in [0.29, 0.717) is 5.76 Å². The minimum atomic E-state index is -3.43. The van der Waals surface area contributed by atoms with Crippen molar-refractivity contribution in [2.45, 2.75) is 0 Å². The SMILES string of the molecule is CS(=O)(=O)N1/C=C(/c2ccccc2)OCOCOC1. The summed E-state index contributed by atoms with van der Waals surface area (Å²) in [5.74, 6) is 0.413. The monoisotopic (exact) mass is 285 g/mol. The number of nitrogens with zero attached hydrogens (tertiary/aromatic N) is 1. The molecule has 1 heterocycles. The van der Waals surface area contributed by atoms with Crippen LogP contribution >= 0.6 is 0 Å². The van der Waals surface area contributed by atoms with Crippen molar-refractivity contribution in [2.24, 2.45) is 0 Å². The lowest BCUT2D eigenvalue weighted by Gasteiger charge is -2.17. The highest BCUT2D eigenvalue weighted by molar-refractivity contribution is 7.88. The van der Waals surface area contributed by atoms with Gasteiger partial charge >= 0.3 is 0 Å². The van der Waals surface area contributed by atoms with Crippen molar-refractivity contribution >= 4 is 15.8 Å². The Morgan fingerprint density at radius 1 is 1.11 bits per heavy atom. The first kappa shape index (κ1) is 13.9. The Hall–Kier alpha value is -1.57. The summed E-state index contributed by atoms with van der Waals surface area (Å²) in [6.07, 6.45) is 2.51. The van der Waals surface area contributed by atoms with Crippen LogP contribution in [-0.4, -0.2) is 39.3 Å². The van der Waals surface area contributed by atoms with Gasteiger partial charge in [0.2, 0.25) is 10.0 Å². The number of rotatable bonds is 2. The van der Waals surface area contributed by atoms with E-state index in [1.807, 2.05) is 30.3 Å². The Morgan fingerprint density at radius 3 is 2.53 bits per heavy atom. The van der Waals surface area contributed by atoms with Crippen LogP contribution in [0.1, 0.15) is 5.56 Å². The summed E-state index contributed by atoms with van der Waals surface area (Å²) < 4.78 is 39.9. The third-order valence-electron chi connectivity index (χ3n) is 2.43. The molecule has 1 aromatic carbocycles. The van der Waals surface area contributed by atoms with Crippen molar-refractivity contribution in [1.29, 1.82) is 0 Å². The number of hydrogen-bond acceptors (Lipinski definition) is 5. The second kappa shape index (κ2) is 6.05. The Kier molecular flexibility index (Phi) is 4.41. The van der Waals surface area contributed by atoms with Gasteiger partial charge in [-0.2, -0.15) is 0 Å². The topological polar surface area (TPSA) is 65.1 Å². The van der Waals surface area contributed by atoms with E-state index < -0.39 is 10.0 Å². The molecule has 0 atom stereocenters. The van der Waals surface area contributed by atoms with E-state index in [9.17, 15) is 8.42 Å². The molecule has 2 rings (SSSR count). The zero-order valence-corrected chi connectivity index (χ0v) is 11.3. The normalized spacial score (nSPS) is 20.5. The lowest BCUT2D eigenvalue weighted by Crippen LogP contribution is -2.27. The third-order valence-corrected chi connectivity index (χ3v) is 3.49. The van der Waals surface area contributed by atoms with Crippen LogP contribution < -0.4 is 0 Å². The minimum absolute atomic E-state index is 0.00166. The first-order valence-corrected chi connectivity index (χ1v) is 7.44. The highest BCUT2D eigenvalue weighted by atomic mass is 32.2. The second-order valence-corrected chi connectivity index (χ2v) is 5.86. The van der Waals surface area contributed by atoms with Crippen LogP contribution in [0.5, 0.6) is 0 Å². The predicted octanol–water partition coefficient (Wildman–Crippen LogP) is 1.18. The fraction of sp³-hybridized carbons (Fsp3) is 0.333. The average Bonchev–Trinajstić information content (AvgIpc) is 2.50. The predicted molar refractivity (Wildman–Crippen MR) is 69.0 cm³/mol. The van der Waals surface area contributed by atoms with Gasteiger partial charge in [-0.25, -0.2) is 12.7 Å². The molecule has 7 heteroatoms. The van der Waals surface area contributed by atoms with Crippen molar-refractivity contribution in [1.82, 2.24) is 4.31 Å². The molecule has 0 spiro atoms. The van der Waals surface area contributed by atoms with Gasteiger partial charge in [0.15, 0.2) is 13.6 Å². The van der Waals surface area contributed by atoms with E-state index in [4.69, 9.17) is 14.2 Å². The summed E-state index contributed by atoms with van der Waals surface area (Å²) in [6.45, 7) is -0.140. The molecular formula is C12H15NO5S. The van der Waals surface area contributed by atoms with E-state index in [1.54, 1.807) is 0 Å². The summed E-state index contributed by atoms with van der Waals surface area (Å²) in [5.41, 5.74) is 0.765. The van der Waals surface area contributed by atoms with Crippen LogP contribution in [0.2, 0.25) is 0 Å². The molecule has 0 saturated carbocycles. The molecular weight excluding hydrogens is 270 g/mol. The molecule has 0 fully saturated rings. The van der Waals surface area contributed by atoms with E-state index >= 15 is 0 Å². The summed E-state index contributed by atoms with van der Waals surface area (Å²) in [5, 5.41) is 0. The molecule has 0 saturated heterocycles. The molecule has 0 aliphatic carbocycles. The summed E-state index contributed by atoms with van der Waals surface area (Å²) in [7, 11) is -3.43. The summed E-state index contributed by atoms with van der Waals surface area (Å²) in [4.78, 5) is 0. The van der Waals surface area contributed by atoms with E-state index in [1.165, 1.54) is 6.20 Å². The number of hydrogen-bond donors (Lipinski definition) is 0. The fourth-order valence-electron chi connectivity index (χ4n) is 1.48.